The first-order chi connectivity index (χ1) is 18.0. The first-order valence-corrected chi connectivity index (χ1v) is 12.9. The van der Waals surface area contributed by atoms with Crippen molar-refractivity contribution in [3.63, 3.8) is 0 Å². The molecular formula is C28H28BrN7O. The van der Waals surface area contributed by atoms with Gasteiger partial charge in [0.1, 0.15) is 5.69 Å². The first kappa shape index (κ1) is 24.9. The maximum absolute atomic E-state index is 12.8. The number of nitrogens with zero attached hydrogens (tertiary/aromatic N) is 5. The van der Waals surface area contributed by atoms with Crippen molar-refractivity contribution in [2.75, 3.05) is 32.5 Å². The Balaban J connectivity index is 1.40. The van der Waals surface area contributed by atoms with Gasteiger partial charge in [-0.1, -0.05) is 51.5 Å². The van der Waals surface area contributed by atoms with Crippen LogP contribution in [-0.4, -0.2) is 58.0 Å². The number of rotatable bonds is 9. The van der Waals surface area contributed by atoms with Crippen LogP contribution in [0.4, 0.5) is 5.69 Å². The van der Waals surface area contributed by atoms with Gasteiger partial charge in [0.15, 0.2) is 0 Å². The number of pyridine rings is 1. The molecule has 0 bridgehead atoms. The van der Waals surface area contributed by atoms with Crippen LogP contribution in [0.1, 0.15) is 21.6 Å². The molecule has 37 heavy (non-hydrogen) atoms. The summed E-state index contributed by atoms with van der Waals surface area (Å²) in [5.41, 5.74) is 5.21. The van der Waals surface area contributed by atoms with Crippen molar-refractivity contribution in [1.29, 1.82) is 0 Å². The highest BCUT2D eigenvalue weighted by molar-refractivity contribution is 9.10. The van der Waals surface area contributed by atoms with Gasteiger partial charge in [-0.2, -0.15) is 0 Å². The van der Waals surface area contributed by atoms with E-state index in [-0.39, 0.29) is 5.91 Å². The Labute approximate surface area is 223 Å². The van der Waals surface area contributed by atoms with Crippen molar-refractivity contribution in [3.05, 3.63) is 94.2 Å². The molecule has 8 nitrogen and oxygen atoms in total. The molecule has 0 spiro atoms. The van der Waals surface area contributed by atoms with E-state index in [2.05, 4.69) is 49.0 Å². The van der Waals surface area contributed by atoms with Crippen molar-refractivity contribution >= 4 is 49.3 Å². The smallest absolute Gasteiger partial charge is 0.251 e. The lowest BCUT2D eigenvalue weighted by atomic mass is 10.0. The van der Waals surface area contributed by atoms with E-state index in [1.807, 2.05) is 84.5 Å². The number of halogens is 1. The monoisotopic (exact) mass is 557 g/mol. The number of para-hydroxylation sites is 1. The summed E-state index contributed by atoms with van der Waals surface area (Å²) in [5.74, 6) is -0.0984. The average molecular weight is 558 g/mol. The second-order valence-electron chi connectivity index (χ2n) is 9.18. The molecule has 0 aliphatic heterocycles. The molecule has 3 aromatic carbocycles. The van der Waals surface area contributed by atoms with Crippen LogP contribution in [0.15, 0.2) is 77.4 Å². The molecule has 0 aliphatic carbocycles. The van der Waals surface area contributed by atoms with Gasteiger partial charge >= 0.3 is 0 Å². The van der Waals surface area contributed by atoms with Crippen LogP contribution in [0.25, 0.3) is 21.8 Å². The number of amides is 1. The van der Waals surface area contributed by atoms with E-state index in [4.69, 9.17) is 4.98 Å². The Morgan fingerprint density at radius 3 is 2.59 bits per heavy atom. The molecular weight excluding hydrogens is 530 g/mol. The zero-order valence-electron chi connectivity index (χ0n) is 20.8. The predicted molar refractivity (Wildman–Crippen MR) is 151 cm³/mol. The van der Waals surface area contributed by atoms with E-state index >= 15 is 0 Å². The lowest BCUT2D eigenvalue weighted by Gasteiger charge is -2.14. The molecule has 188 valence electrons. The summed E-state index contributed by atoms with van der Waals surface area (Å²) in [6.45, 7) is 2.50. The summed E-state index contributed by atoms with van der Waals surface area (Å²) in [5, 5.41) is 17.1. The van der Waals surface area contributed by atoms with Crippen molar-refractivity contribution in [3.8, 4) is 0 Å². The number of aromatic nitrogens is 4. The maximum Gasteiger partial charge on any atom is 0.251 e. The number of benzene rings is 3. The van der Waals surface area contributed by atoms with Crippen molar-refractivity contribution in [2.45, 2.75) is 13.1 Å². The first-order valence-electron chi connectivity index (χ1n) is 12.1. The molecule has 2 heterocycles. The summed E-state index contributed by atoms with van der Waals surface area (Å²) in [7, 11) is 3.96. The van der Waals surface area contributed by atoms with Crippen LogP contribution >= 0.6 is 15.9 Å². The summed E-state index contributed by atoms with van der Waals surface area (Å²) >= 11 is 3.47. The fraction of sp³-hybridized carbons (Fsp3) is 0.214. The summed E-state index contributed by atoms with van der Waals surface area (Å²) in [4.78, 5) is 19.7. The number of hydrogen-bond donors (Lipinski definition) is 2. The molecule has 0 unspecified atom stereocenters. The number of likely N-dealkylation sites (N-methyl/N-ethyl adjacent to an activating group) is 1. The fourth-order valence-corrected chi connectivity index (χ4v) is 4.43. The molecule has 9 heteroatoms. The highest BCUT2D eigenvalue weighted by atomic mass is 79.9. The third-order valence-corrected chi connectivity index (χ3v) is 6.61. The van der Waals surface area contributed by atoms with E-state index < -0.39 is 0 Å². The van der Waals surface area contributed by atoms with Gasteiger partial charge in [-0.05, 0) is 56.1 Å². The van der Waals surface area contributed by atoms with Gasteiger partial charge in [0.05, 0.1) is 36.0 Å². The zero-order valence-corrected chi connectivity index (χ0v) is 22.4. The topological polar surface area (TPSA) is 88.0 Å². The van der Waals surface area contributed by atoms with Gasteiger partial charge in [0.2, 0.25) is 0 Å². The summed E-state index contributed by atoms with van der Waals surface area (Å²) in [6, 6.07) is 21.8. The van der Waals surface area contributed by atoms with Crippen molar-refractivity contribution < 1.29 is 4.79 Å². The number of hydrogen-bond acceptors (Lipinski definition) is 6. The second-order valence-corrected chi connectivity index (χ2v) is 10.1. The molecule has 1 amide bonds. The number of carbonyl (C=O) groups is 1. The minimum atomic E-state index is -0.0984. The molecule has 2 N–H and O–H groups in total. The van der Waals surface area contributed by atoms with Gasteiger partial charge in [-0.3, -0.25) is 4.79 Å². The molecule has 0 atom stereocenters. The predicted octanol–water partition coefficient (Wildman–Crippen LogP) is 4.69. The number of carbonyl (C=O) groups excluding carboxylic acids is 1. The average Bonchev–Trinajstić information content (AvgIpc) is 3.34. The van der Waals surface area contributed by atoms with Gasteiger partial charge in [0, 0.05) is 33.9 Å². The molecule has 0 saturated carbocycles. The van der Waals surface area contributed by atoms with Crippen molar-refractivity contribution in [2.24, 2.45) is 0 Å². The standard InChI is InChI=1S/C28H28BrN7O/c1-35(2)14-13-30-28(37)20-9-12-26-24(15-20)27(23-5-3-4-6-25(23)32-26)31-16-22-18-36(34-33-22)17-19-7-10-21(29)11-8-19/h3-12,15,18H,13-14,16-17H2,1-2H3,(H,30,37)(H,31,32). The van der Waals surface area contributed by atoms with Crippen LogP contribution in [0.5, 0.6) is 0 Å². The summed E-state index contributed by atoms with van der Waals surface area (Å²) in [6.07, 6.45) is 1.95. The third-order valence-electron chi connectivity index (χ3n) is 6.08. The van der Waals surface area contributed by atoms with Crippen LogP contribution in [-0.2, 0) is 13.1 Å². The van der Waals surface area contributed by atoms with Gasteiger partial charge in [-0.15, -0.1) is 5.10 Å². The number of anilines is 1. The summed E-state index contributed by atoms with van der Waals surface area (Å²) < 4.78 is 2.88. The molecule has 0 radical (unpaired) electrons. The quantitative estimate of drug-likeness (QED) is 0.255. The van der Waals surface area contributed by atoms with Crippen LogP contribution in [0, 0.1) is 0 Å². The normalized spacial score (nSPS) is 11.4. The van der Waals surface area contributed by atoms with E-state index in [9.17, 15) is 4.79 Å². The molecule has 2 aromatic heterocycles. The lowest BCUT2D eigenvalue weighted by Crippen LogP contribution is -2.31. The number of nitrogens with one attached hydrogen (secondary N) is 2. The molecule has 0 aliphatic rings. The lowest BCUT2D eigenvalue weighted by molar-refractivity contribution is 0.0951. The van der Waals surface area contributed by atoms with Crippen LogP contribution in [0.2, 0.25) is 0 Å². The largest absolute Gasteiger partial charge is 0.378 e. The van der Waals surface area contributed by atoms with E-state index in [1.54, 1.807) is 0 Å². The van der Waals surface area contributed by atoms with Gasteiger partial charge < -0.3 is 15.5 Å². The Bertz CT molecular complexity index is 1550. The van der Waals surface area contributed by atoms with Crippen molar-refractivity contribution in [1.82, 2.24) is 30.2 Å². The highest BCUT2D eigenvalue weighted by Crippen LogP contribution is 2.31. The van der Waals surface area contributed by atoms with E-state index in [0.29, 0.717) is 25.2 Å². The van der Waals surface area contributed by atoms with Gasteiger partial charge in [0.25, 0.3) is 5.91 Å². The molecule has 5 rings (SSSR count). The minimum absolute atomic E-state index is 0.0984. The second kappa shape index (κ2) is 11.1. The highest BCUT2D eigenvalue weighted by Gasteiger charge is 2.13. The Morgan fingerprint density at radius 1 is 1.00 bits per heavy atom. The number of fused-ring (bicyclic) bond motifs is 2. The van der Waals surface area contributed by atoms with E-state index in [0.717, 1.165) is 49.8 Å². The SMILES string of the molecule is CN(C)CCNC(=O)c1ccc2nc3ccccc3c(NCc3cn(Cc4ccc(Br)cc4)nn3)c2c1. The Kier molecular flexibility index (Phi) is 7.43. The van der Waals surface area contributed by atoms with E-state index in [1.165, 1.54) is 0 Å². The Morgan fingerprint density at radius 2 is 1.78 bits per heavy atom. The minimum Gasteiger partial charge on any atom is -0.378 e. The van der Waals surface area contributed by atoms with Crippen LogP contribution < -0.4 is 10.6 Å². The zero-order chi connectivity index (χ0) is 25.8. The third kappa shape index (κ3) is 5.95. The fourth-order valence-electron chi connectivity index (χ4n) is 4.17. The molecule has 0 saturated heterocycles. The molecule has 0 fully saturated rings. The Hall–Kier alpha value is -3.82. The van der Waals surface area contributed by atoms with Crippen LogP contribution in [0.3, 0.4) is 0 Å². The molecule has 5 aromatic rings. The maximum atomic E-state index is 12.8. The van der Waals surface area contributed by atoms with Gasteiger partial charge in [-0.25, -0.2) is 9.67 Å².